The van der Waals surface area contributed by atoms with Gasteiger partial charge in [-0.1, -0.05) is 164 Å². The molecule has 1 heteroatoms. The van der Waals surface area contributed by atoms with E-state index in [1.54, 1.807) is 6.07 Å². The number of furan rings is 1. The number of para-hydroxylation sites is 1. The van der Waals surface area contributed by atoms with E-state index in [2.05, 4.69) is 18.2 Å². The van der Waals surface area contributed by atoms with Gasteiger partial charge >= 0.3 is 0 Å². The summed E-state index contributed by atoms with van der Waals surface area (Å²) in [6.07, 6.45) is 0. The molecule has 0 radical (unpaired) electrons. The summed E-state index contributed by atoms with van der Waals surface area (Å²) in [5.41, 5.74) is 4.60. The molecule has 1 aromatic heterocycles. The minimum atomic E-state index is -0.445. The Hall–Kier alpha value is -6.18. The molecule has 0 amide bonds. The van der Waals surface area contributed by atoms with Gasteiger partial charge in [0.1, 0.15) is 11.2 Å². The summed E-state index contributed by atoms with van der Waals surface area (Å²) >= 11 is 0. The number of hydrogen-bond acceptors (Lipinski definition) is 1. The van der Waals surface area contributed by atoms with Crippen LogP contribution in [0.3, 0.4) is 0 Å². The second-order valence-corrected chi connectivity index (χ2v) is 11.8. The fourth-order valence-corrected chi connectivity index (χ4v) is 7.24. The minimum Gasteiger partial charge on any atom is -0.455 e. The molecule has 0 saturated carbocycles. The third-order valence-electron chi connectivity index (χ3n) is 9.31. The molecule has 0 spiro atoms. The van der Waals surface area contributed by atoms with E-state index in [-0.39, 0.29) is 51.3 Å². The van der Waals surface area contributed by atoms with Crippen LogP contribution in [-0.4, -0.2) is 0 Å². The van der Waals surface area contributed by atoms with Gasteiger partial charge < -0.3 is 4.42 Å². The number of fused-ring (bicyclic) bond motifs is 8. The molecule has 1 heterocycles. The zero-order valence-electron chi connectivity index (χ0n) is 33.0. The molecular formula is C46H28O. The van der Waals surface area contributed by atoms with Gasteiger partial charge in [-0.25, -0.2) is 0 Å². The first kappa shape index (κ1) is 19.4. The average molecular weight is 605 g/mol. The van der Waals surface area contributed by atoms with Crippen LogP contribution in [-0.2, 0) is 0 Å². The minimum absolute atomic E-state index is 0.148. The highest BCUT2D eigenvalue weighted by Gasteiger charge is 2.21. The largest absolute Gasteiger partial charge is 0.455 e. The van der Waals surface area contributed by atoms with Gasteiger partial charge in [0.25, 0.3) is 0 Å². The first-order valence-corrected chi connectivity index (χ1v) is 15.5. The van der Waals surface area contributed by atoms with Crippen molar-refractivity contribution in [1.82, 2.24) is 0 Å². The second kappa shape index (κ2) is 10.2. The van der Waals surface area contributed by atoms with Crippen LogP contribution < -0.4 is 0 Å². The molecule has 10 rings (SSSR count). The van der Waals surface area contributed by atoms with Crippen molar-refractivity contribution in [2.24, 2.45) is 0 Å². The van der Waals surface area contributed by atoms with Crippen molar-refractivity contribution in [2.75, 3.05) is 0 Å². The number of rotatable bonds is 3. The maximum absolute atomic E-state index is 9.40. The SMILES string of the molecule is [2H]c1c([2H])c([2H])c2c(-c3cccc4c3oc3ccc5ccccc5c34)c3c([2H])c([2H])c([2H])c([2H])c3c(-c3ccc(-c4cccc5ccccc45)cc3)c2c1[2H]. The van der Waals surface area contributed by atoms with Gasteiger partial charge in [0.15, 0.2) is 0 Å². The standard InChI is InChI=1S/C46H28O/c1-3-14-33-29(11-1)13-9-20-34(33)31-23-25-32(26-24-31)43-36-16-5-7-18-38(36)44(39-19-8-6-17-37(39)43)40-21-10-22-41-45-35-15-4-2-12-30(35)27-28-42(45)47-46(40)41/h1-28H/i5D,6D,7D,8D,16D,17D,18D,19D. The highest BCUT2D eigenvalue weighted by atomic mass is 16.3. The van der Waals surface area contributed by atoms with E-state index in [0.717, 1.165) is 43.4 Å². The lowest BCUT2D eigenvalue weighted by atomic mass is 9.85. The van der Waals surface area contributed by atoms with Crippen molar-refractivity contribution in [3.8, 4) is 33.4 Å². The third-order valence-corrected chi connectivity index (χ3v) is 9.31. The van der Waals surface area contributed by atoms with Gasteiger partial charge in [-0.3, -0.25) is 0 Å². The summed E-state index contributed by atoms with van der Waals surface area (Å²) in [6.45, 7) is 0. The Kier molecular flexibility index (Phi) is 4.19. The summed E-state index contributed by atoms with van der Waals surface area (Å²) in [6, 6.07) is 36.3. The van der Waals surface area contributed by atoms with Gasteiger partial charge in [0.2, 0.25) is 0 Å². The Morgan fingerprint density at radius 2 is 0.915 bits per heavy atom. The van der Waals surface area contributed by atoms with E-state index in [0.29, 0.717) is 27.9 Å². The van der Waals surface area contributed by atoms with Crippen molar-refractivity contribution < 1.29 is 15.4 Å². The summed E-state index contributed by atoms with van der Waals surface area (Å²) in [5, 5.41) is 6.46. The first-order chi connectivity index (χ1) is 26.7. The fraction of sp³-hybridized carbons (Fsp3) is 0. The van der Waals surface area contributed by atoms with Crippen LogP contribution in [0.15, 0.2) is 174 Å². The lowest BCUT2D eigenvalue weighted by molar-refractivity contribution is 0.670. The van der Waals surface area contributed by atoms with Crippen molar-refractivity contribution in [3.05, 3.63) is 170 Å². The average Bonchev–Trinajstić information content (AvgIpc) is 3.62. The smallest absolute Gasteiger partial charge is 0.143 e. The Morgan fingerprint density at radius 1 is 0.383 bits per heavy atom. The third kappa shape index (κ3) is 3.90. The van der Waals surface area contributed by atoms with Crippen LogP contribution in [0.1, 0.15) is 11.0 Å². The van der Waals surface area contributed by atoms with Crippen LogP contribution >= 0.6 is 0 Å². The lowest BCUT2D eigenvalue weighted by Crippen LogP contribution is -1.91. The first-order valence-electron chi connectivity index (χ1n) is 19.5. The van der Waals surface area contributed by atoms with E-state index in [1.807, 2.05) is 97.1 Å². The fourth-order valence-electron chi connectivity index (χ4n) is 7.24. The van der Waals surface area contributed by atoms with Crippen molar-refractivity contribution in [2.45, 2.75) is 0 Å². The van der Waals surface area contributed by atoms with Gasteiger partial charge in [0, 0.05) is 21.9 Å². The Morgan fingerprint density at radius 3 is 1.64 bits per heavy atom. The molecule has 0 aliphatic carbocycles. The van der Waals surface area contributed by atoms with E-state index in [9.17, 15) is 5.48 Å². The molecule has 1 nitrogen and oxygen atoms in total. The molecule has 0 aliphatic rings. The Balaban J connectivity index is 1.37. The molecule has 0 fully saturated rings. The summed E-state index contributed by atoms with van der Waals surface area (Å²) in [7, 11) is 0. The van der Waals surface area contributed by atoms with E-state index in [1.165, 1.54) is 0 Å². The summed E-state index contributed by atoms with van der Waals surface area (Å²) in [5.74, 6) is 0. The van der Waals surface area contributed by atoms with E-state index in [4.69, 9.17) is 9.90 Å². The highest BCUT2D eigenvalue weighted by Crippen LogP contribution is 2.47. The van der Waals surface area contributed by atoms with Crippen LogP contribution in [0.4, 0.5) is 0 Å². The molecule has 0 N–H and O–H groups in total. The van der Waals surface area contributed by atoms with Crippen molar-refractivity contribution in [3.63, 3.8) is 0 Å². The van der Waals surface area contributed by atoms with Crippen LogP contribution in [0, 0.1) is 0 Å². The Bertz CT molecular complexity index is 3210. The van der Waals surface area contributed by atoms with Gasteiger partial charge in [-0.15, -0.1) is 0 Å². The van der Waals surface area contributed by atoms with E-state index < -0.39 is 24.2 Å². The molecule has 10 aromatic rings. The zero-order valence-corrected chi connectivity index (χ0v) is 25.0. The Labute approximate surface area is 283 Å². The molecule has 47 heavy (non-hydrogen) atoms. The highest BCUT2D eigenvalue weighted by molar-refractivity contribution is 6.26. The maximum atomic E-state index is 9.40. The summed E-state index contributed by atoms with van der Waals surface area (Å²) < 4.78 is 79.5. The predicted octanol–water partition coefficient (Wildman–Crippen LogP) is 13.2. The van der Waals surface area contributed by atoms with E-state index >= 15 is 0 Å². The summed E-state index contributed by atoms with van der Waals surface area (Å²) in [4.78, 5) is 0. The van der Waals surface area contributed by atoms with Crippen LogP contribution in [0.2, 0.25) is 0 Å². The molecule has 0 unspecified atom stereocenters. The quantitative estimate of drug-likeness (QED) is 0.183. The lowest BCUT2D eigenvalue weighted by Gasteiger charge is -2.18. The maximum Gasteiger partial charge on any atom is 0.143 e. The van der Waals surface area contributed by atoms with Crippen LogP contribution in [0.25, 0.3) is 98.4 Å². The van der Waals surface area contributed by atoms with Crippen molar-refractivity contribution >= 4 is 65.0 Å². The molecule has 0 aliphatic heterocycles. The predicted molar refractivity (Wildman–Crippen MR) is 200 cm³/mol. The monoisotopic (exact) mass is 604 g/mol. The normalized spacial score (nSPS) is 14.2. The number of hydrogen-bond donors (Lipinski definition) is 0. The topological polar surface area (TPSA) is 13.1 Å². The van der Waals surface area contributed by atoms with Gasteiger partial charge in [0.05, 0.1) is 11.0 Å². The van der Waals surface area contributed by atoms with Crippen molar-refractivity contribution in [1.29, 1.82) is 0 Å². The van der Waals surface area contributed by atoms with Gasteiger partial charge in [-0.05, 0) is 71.4 Å². The molecule has 0 atom stereocenters. The van der Waals surface area contributed by atoms with Crippen LogP contribution in [0.5, 0.6) is 0 Å². The molecule has 0 bridgehead atoms. The molecular weight excluding hydrogens is 569 g/mol. The second-order valence-electron chi connectivity index (χ2n) is 11.8. The number of benzene rings is 9. The van der Waals surface area contributed by atoms with Gasteiger partial charge in [-0.2, -0.15) is 0 Å². The zero-order chi connectivity index (χ0) is 37.9. The molecule has 218 valence electrons. The molecule has 9 aromatic carbocycles. The molecule has 0 saturated heterocycles.